The van der Waals surface area contributed by atoms with Crippen LogP contribution in [0.4, 0.5) is 0 Å². The van der Waals surface area contributed by atoms with Crippen LogP contribution in [0.25, 0.3) is 0 Å². The number of morpholine rings is 1. The molecule has 1 atom stereocenters. The van der Waals surface area contributed by atoms with Crippen LogP contribution < -0.4 is 5.73 Å². The molecule has 0 aromatic carbocycles. The van der Waals surface area contributed by atoms with Gasteiger partial charge >= 0.3 is 5.97 Å². The molecule has 1 aliphatic heterocycles. The van der Waals surface area contributed by atoms with Crippen molar-refractivity contribution < 1.29 is 19.4 Å². The highest BCUT2D eigenvalue weighted by atomic mass is 16.5. The summed E-state index contributed by atoms with van der Waals surface area (Å²) in [5, 5.41) is 8.76. The Morgan fingerprint density at radius 2 is 2.16 bits per heavy atom. The predicted molar refractivity (Wildman–Crippen MR) is 68.5 cm³/mol. The van der Waals surface area contributed by atoms with Crippen molar-refractivity contribution in [3.8, 4) is 0 Å². The molecule has 6 heteroatoms. The van der Waals surface area contributed by atoms with Crippen molar-refractivity contribution in [2.24, 2.45) is 11.1 Å². The maximum Gasteiger partial charge on any atom is 0.306 e. The molecule has 1 aliphatic carbocycles. The summed E-state index contributed by atoms with van der Waals surface area (Å²) >= 11 is 0. The number of carbonyl (C=O) groups is 2. The maximum atomic E-state index is 12.3. The first-order chi connectivity index (χ1) is 9.04. The van der Waals surface area contributed by atoms with Gasteiger partial charge in [0.15, 0.2) is 0 Å². The van der Waals surface area contributed by atoms with Crippen LogP contribution in [0.15, 0.2) is 0 Å². The number of nitrogens with zero attached hydrogens (tertiary/aromatic N) is 1. The summed E-state index contributed by atoms with van der Waals surface area (Å²) in [5.41, 5.74) is 5.76. The van der Waals surface area contributed by atoms with E-state index in [1.165, 1.54) is 0 Å². The molecule has 6 nitrogen and oxygen atoms in total. The van der Waals surface area contributed by atoms with Gasteiger partial charge in [0.2, 0.25) is 5.91 Å². The van der Waals surface area contributed by atoms with Gasteiger partial charge in [0.05, 0.1) is 19.1 Å². The highest BCUT2D eigenvalue weighted by Gasteiger charge is 2.39. The monoisotopic (exact) mass is 270 g/mol. The minimum Gasteiger partial charge on any atom is -0.481 e. The Morgan fingerprint density at radius 3 is 2.68 bits per heavy atom. The fourth-order valence-electron chi connectivity index (χ4n) is 2.83. The smallest absolute Gasteiger partial charge is 0.306 e. The van der Waals surface area contributed by atoms with Gasteiger partial charge in [-0.25, -0.2) is 0 Å². The molecule has 2 fully saturated rings. The molecule has 0 spiro atoms. The molecule has 2 aliphatic rings. The lowest BCUT2D eigenvalue weighted by Gasteiger charge is -2.42. The number of ether oxygens (including phenoxy) is 1. The standard InChI is InChI=1S/C13H22N2O4/c14-9-13(2-1-3-13)7-11(16)15-4-5-19-10(8-15)6-12(17)18/h10H,1-9,14H2,(H,17,18). The topological polar surface area (TPSA) is 92.9 Å². The van der Waals surface area contributed by atoms with Crippen LogP contribution in [0.5, 0.6) is 0 Å². The predicted octanol–water partition coefficient (Wildman–Crippen LogP) is 0.208. The van der Waals surface area contributed by atoms with Gasteiger partial charge in [-0.1, -0.05) is 6.42 Å². The zero-order valence-electron chi connectivity index (χ0n) is 11.1. The molecular formula is C13H22N2O4. The van der Waals surface area contributed by atoms with Gasteiger partial charge in [-0.3, -0.25) is 9.59 Å². The molecule has 1 heterocycles. The molecule has 0 radical (unpaired) electrons. The van der Waals surface area contributed by atoms with Crippen molar-refractivity contribution in [1.82, 2.24) is 4.90 Å². The van der Waals surface area contributed by atoms with Crippen molar-refractivity contribution in [2.75, 3.05) is 26.2 Å². The van der Waals surface area contributed by atoms with Crippen LogP contribution in [0.3, 0.4) is 0 Å². The van der Waals surface area contributed by atoms with Gasteiger partial charge in [-0.15, -0.1) is 0 Å². The lowest BCUT2D eigenvalue weighted by molar-refractivity contribution is -0.149. The average Bonchev–Trinajstić information content (AvgIpc) is 2.33. The molecule has 3 N–H and O–H groups in total. The van der Waals surface area contributed by atoms with Gasteiger partial charge in [0.1, 0.15) is 0 Å². The molecule has 1 saturated heterocycles. The van der Waals surface area contributed by atoms with E-state index in [0.29, 0.717) is 32.7 Å². The fraction of sp³-hybridized carbons (Fsp3) is 0.846. The van der Waals surface area contributed by atoms with Gasteiger partial charge in [0, 0.05) is 19.5 Å². The van der Waals surface area contributed by atoms with Crippen LogP contribution in [0, 0.1) is 5.41 Å². The Balaban J connectivity index is 1.86. The summed E-state index contributed by atoms with van der Waals surface area (Å²) < 4.78 is 5.37. The Bertz CT molecular complexity index is 349. The van der Waals surface area contributed by atoms with E-state index in [1.807, 2.05) is 0 Å². The SMILES string of the molecule is NCC1(CC(=O)N2CCOC(CC(=O)O)C2)CCC1. The van der Waals surface area contributed by atoms with Crippen molar-refractivity contribution >= 4 is 11.9 Å². The van der Waals surface area contributed by atoms with Crippen molar-refractivity contribution in [2.45, 2.75) is 38.2 Å². The third-order valence-electron chi connectivity index (χ3n) is 4.27. The highest BCUT2D eigenvalue weighted by Crippen LogP contribution is 2.43. The number of carboxylic acid groups (broad SMARTS) is 1. The van der Waals surface area contributed by atoms with Crippen molar-refractivity contribution in [1.29, 1.82) is 0 Å². The summed E-state index contributed by atoms with van der Waals surface area (Å²) in [6.45, 7) is 1.91. The van der Waals surface area contributed by atoms with Gasteiger partial charge in [-0.2, -0.15) is 0 Å². The van der Waals surface area contributed by atoms with E-state index in [1.54, 1.807) is 4.90 Å². The molecule has 0 aromatic heterocycles. The Labute approximate surface area is 112 Å². The molecule has 1 amide bonds. The first-order valence-corrected chi connectivity index (χ1v) is 6.86. The van der Waals surface area contributed by atoms with Gasteiger partial charge in [0.25, 0.3) is 0 Å². The summed E-state index contributed by atoms with van der Waals surface area (Å²) in [6.07, 6.45) is 3.26. The van der Waals surface area contributed by atoms with E-state index in [-0.39, 0.29) is 23.8 Å². The van der Waals surface area contributed by atoms with Crippen LogP contribution in [0.1, 0.15) is 32.1 Å². The maximum absolute atomic E-state index is 12.3. The molecular weight excluding hydrogens is 248 g/mol. The average molecular weight is 270 g/mol. The minimum atomic E-state index is -0.892. The quantitative estimate of drug-likeness (QED) is 0.745. The molecule has 1 saturated carbocycles. The normalized spacial score (nSPS) is 25.7. The number of nitrogens with two attached hydrogens (primary N) is 1. The molecule has 1 unspecified atom stereocenters. The van der Waals surface area contributed by atoms with E-state index < -0.39 is 5.97 Å². The van der Waals surface area contributed by atoms with Crippen molar-refractivity contribution in [3.63, 3.8) is 0 Å². The number of rotatable bonds is 5. The van der Waals surface area contributed by atoms with Crippen molar-refractivity contribution in [3.05, 3.63) is 0 Å². The second-order valence-electron chi connectivity index (χ2n) is 5.66. The molecule has 0 bridgehead atoms. The summed E-state index contributed by atoms with van der Waals surface area (Å²) in [6, 6.07) is 0. The second kappa shape index (κ2) is 5.88. The van der Waals surface area contributed by atoms with E-state index >= 15 is 0 Å². The lowest BCUT2D eigenvalue weighted by Crippen LogP contribution is -2.49. The summed E-state index contributed by atoms with van der Waals surface area (Å²) in [7, 11) is 0. The largest absolute Gasteiger partial charge is 0.481 e. The minimum absolute atomic E-state index is 0.00230. The number of carbonyl (C=O) groups excluding carboxylic acids is 1. The Morgan fingerprint density at radius 1 is 1.42 bits per heavy atom. The van der Waals surface area contributed by atoms with Crippen LogP contribution in [0.2, 0.25) is 0 Å². The van der Waals surface area contributed by atoms with Gasteiger partial charge < -0.3 is 20.5 Å². The van der Waals surface area contributed by atoms with Crippen LogP contribution in [-0.2, 0) is 14.3 Å². The molecule has 19 heavy (non-hydrogen) atoms. The fourth-order valence-corrected chi connectivity index (χ4v) is 2.83. The summed E-state index contributed by atoms with van der Waals surface area (Å²) in [5.74, 6) is -0.805. The molecule has 0 aromatic rings. The Hall–Kier alpha value is -1.14. The highest BCUT2D eigenvalue weighted by molar-refractivity contribution is 5.77. The third kappa shape index (κ3) is 3.45. The molecule has 2 rings (SSSR count). The summed E-state index contributed by atoms with van der Waals surface area (Å²) in [4.78, 5) is 24.7. The lowest BCUT2D eigenvalue weighted by atomic mass is 9.66. The number of hydrogen-bond acceptors (Lipinski definition) is 4. The number of carboxylic acids is 1. The van der Waals surface area contributed by atoms with E-state index in [9.17, 15) is 9.59 Å². The number of amides is 1. The zero-order valence-corrected chi connectivity index (χ0v) is 11.1. The first kappa shape index (κ1) is 14.3. The van der Waals surface area contributed by atoms with Crippen LogP contribution >= 0.6 is 0 Å². The molecule has 108 valence electrons. The Kier molecular flexibility index (Phi) is 4.42. The number of hydrogen-bond donors (Lipinski definition) is 2. The van der Waals surface area contributed by atoms with E-state index in [4.69, 9.17) is 15.6 Å². The number of aliphatic carboxylic acids is 1. The third-order valence-corrected chi connectivity index (χ3v) is 4.27. The van der Waals surface area contributed by atoms with Gasteiger partial charge in [-0.05, 0) is 24.8 Å². The van der Waals surface area contributed by atoms with E-state index in [0.717, 1.165) is 19.3 Å². The first-order valence-electron chi connectivity index (χ1n) is 6.86. The van der Waals surface area contributed by atoms with Crippen LogP contribution in [-0.4, -0.2) is 54.2 Å². The second-order valence-corrected chi connectivity index (χ2v) is 5.66. The zero-order chi connectivity index (χ0) is 13.9. The van der Waals surface area contributed by atoms with E-state index in [2.05, 4.69) is 0 Å².